The first kappa shape index (κ1) is 16.8. The number of nitrogens with zero attached hydrogens (tertiary/aromatic N) is 4. The van der Waals surface area contributed by atoms with Crippen LogP contribution in [0.25, 0.3) is 0 Å². The maximum Gasteiger partial charge on any atom is 0.410 e. The Morgan fingerprint density at radius 3 is 2.55 bits per heavy atom. The summed E-state index contributed by atoms with van der Waals surface area (Å²) in [6.07, 6.45) is 3.72. The van der Waals surface area contributed by atoms with Gasteiger partial charge in [-0.15, -0.1) is 0 Å². The summed E-state index contributed by atoms with van der Waals surface area (Å²) < 4.78 is 7.33. The second-order valence-corrected chi connectivity index (χ2v) is 7.15. The zero-order valence-electron chi connectivity index (χ0n) is 14.5. The Hall–Kier alpha value is -1.56. The van der Waals surface area contributed by atoms with E-state index in [4.69, 9.17) is 4.74 Å². The number of ether oxygens (including phenoxy) is 1. The largest absolute Gasteiger partial charge is 0.444 e. The van der Waals surface area contributed by atoms with Gasteiger partial charge in [-0.2, -0.15) is 5.10 Å². The van der Waals surface area contributed by atoms with Crippen molar-refractivity contribution in [1.82, 2.24) is 19.6 Å². The molecule has 2 atom stereocenters. The fourth-order valence-electron chi connectivity index (χ4n) is 2.80. The van der Waals surface area contributed by atoms with E-state index in [-0.39, 0.29) is 18.2 Å². The van der Waals surface area contributed by atoms with E-state index in [2.05, 4.69) is 23.8 Å². The van der Waals surface area contributed by atoms with Crippen LogP contribution in [-0.2, 0) is 18.3 Å². The number of amides is 1. The van der Waals surface area contributed by atoms with Crippen molar-refractivity contribution >= 4 is 6.09 Å². The Bertz CT molecular complexity index is 520. The molecular weight excluding hydrogens is 280 g/mol. The molecule has 22 heavy (non-hydrogen) atoms. The van der Waals surface area contributed by atoms with Gasteiger partial charge < -0.3 is 9.64 Å². The first-order valence-corrected chi connectivity index (χ1v) is 7.88. The van der Waals surface area contributed by atoms with E-state index >= 15 is 0 Å². The number of piperazine rings is 1. The van der Waals surface area contributed by atoms with Crippen molar-refractivity contribution < 1.29 is 9.53 Å². The monoisotopic (exact) mass is 308 g/mol. The minimum Gasteiger partial charge on any atom is -0.444 e. The molecular formula is C16H28N4O2. The predicted octanol–water partition coefficient (Wildman–Crippen LogP) is 2.25. The second-order valence-electron chi connectivity index (χ2n) is 7.15. The standard InChI is InChI=1S/C16H28N4O2/c1-12-13(2)20(15(21)22-16(3,4)5)8-7-19(12)11-14-9-17-18(6)10-14/h9-10,12-13H,7-8,11H2,1-6H3/t12-,13-/m0/s1. The second kappa shape index (κ2) is 6.28. The lowest BCUT2D eigenvalue weighted by Crippen LogP contribution is -2.59. The molecule has 0 bridgehead atoms. The number of aromatic nitrogens is 2. The van der Waals surface area contributed by atoms with Crippen LogP contribution in [0.1, 0.15) is 40.2 Å². The average Bonchev–Trinajstić information content (AvgIpc) is 2.78. The van der Waals surface area contributed by atoms with Gasteiger partial charge in [-0.05, 0) is 34.6 Å². The van der Waals surface area contributed by atoms with Gasteiger partial charge in [0.25, 0.3) is 0 Å². The minimum absolute atomic E-state index is 0.125. The minimum atomic E-state index is -0.452. The van der Waals surface area contributed by atoms with Crippen LogP contribution < -0.4 is 0 Å². The lowest BCUT2D eigenvalue weighted by Gasteiger charge is -2.44. The smallest absolute Gasteiger partial charge is 0.410 e. The molecule has 1 fully saturated rings. The number of carbonyl (C=O) groups excluding carboxylic acids is 1. The predicted molar refractivity (Wildman–Crippen MR) is 85.5 cm³/mol. The van der Waals surface area contributed by atoms with E-state index in [0.29, 0.717) is 6.54 Å². The highest BCUT2D eigenvalue weighted by Crippen LogP contribution is 2.21. The van der Waals surface area contributed by atoms with Gasteiger partial charge >= 0.3 is 6.09 Å². The van der Waals surface area contributed by atoms with E-state index in [1.54, 1.807) is 0 Å². The molecule has 6 heteroatoms. The summed E-state index contributed by atoms with van der Waals surface area (Å²) in [5.41, 5.74) is 0.750. The summed E-state index contributed by atoms with van der Waals surface area (Å²) in [6, 6.07) is 0.404. The van der Waals surface area contributed by atoms with E-state index < -0.39 is 5.60 Å². The Morgan fingerprint density at radius 2 is 2.00 bits per heavy atom. The van der Waals surface area contributed by atoms with Gasteiger partial charge in [0.15, 0.2) is 0 Å². The van der Waals surface area contributed by atoms with Gasteiger partial charge in [0, 0.05) is 50.5 Å². The molecule has 0 radical (unpaired) electrons. The first-order valence-electron chi connectivity index (χ1n) is 7.88. The van der Waals surface area contributed by atoms with Gasteiger partial charge in [0.2, 0.25) is 0 Å². The molecule has 1 aromatic rings. The lowest BCUT2D eigenvalue weighted by atomic mass is 10.0. The van der Waals surface area contributed by atoms with E-state index in [0.717, 1.165) is 13.1 Å². The Labute approximate surface area is 133 Å². The molecule has 2 rings (SSSR count). The molecule has 1 aliphatic rings. The molecule has 0 N–H and O–H groups in total. The van der Waals surface area contributed by atoms with Gasteiger partial charge in [-0.25, -0.2) is 4.79 Å². The number of hydrogen-bond donors (Lipinski definition) is 0. The molecule has 0 aliphatic carbocycles. The lowest BCUT2D eigenvalue weighted by molar-refractivity contribution is -0.0144. The molecule has 1 amide bonds. The van der Waals surface area contributed by atoms with Crippen molar-refractivity contribution in [3.63, 3.8) is 0 Å². The quantitative estimate of drug-likeness (QED) is 0.841. The van der Waals surface area contributed by atoms with E-state index in [1.165, 1.54) is 5.56 Å². The van der Waals surface area contributed by atoms with Crippen LogP contribution in [-0.4, -0.2) is 56.4 Å². The summed E-state index contributed by atoms with van der Waals surface area (Å²) in [6.45, 7) is 12.4. The molecule has 2 heterocycles. The van der Waals surface area contributed by atoms with Gasteiger partial charge in [0.1, 0.15) is 5.60 Å². The van der Waals surface area contributed by atoms with Crippen LogP contribution in [0.5, 0.6) is 0 Å². The van der Waals surface area contributed by atoms with Crippen molar-refractivity contribution in [2.75, 3.05) is 13.1 Å². The van der Waals surface area contributed by atoms with Crippen LogP contribution in [0.15, 0.2) is 12.4 Å². The SMILES string of the molecule is C[C@H]1[C@H](C)N(C(=O)OC(C)(C)C)CCN1Cc1cnn(C)c1. The molecule has 1 saturated heterocycles. The number of aryl methyl sites for hydroxylation is 1. The first-order chi connectivity index (χ1) is 10.2. The topological polar surface area (TPSA) is 50.6 Å². The molecule has 0 aromatic carbocycles. The number of rotatable bonds is 2. The molecule has 0 spiro atoms. The molecule has 1 aliphatic heterocycles. The fraction of sp³-hybridized carbons (Fsp3) is 0.750. The van der Waals surface area contributed by atoms with Crippen LogP contribution in [0.2, 0.25) is 0 Å². The van der Waals surface area contributed by atoms with Crippen LogP contribution in [0, 0.1) is 0 Å². The summed E-state index contributed by atoms with van der Waals surface area (Å²) in [7, 11) is 1.93. The third-order valence-electron chi connectivity index (χ3n) is 4.17. The maximum absolute atomic E-state index is 12.3. The zero-order valence-corrected chi connectivity index (χ0v) is 14.5. The highest BCUT2D eigenvalue weighted by Gasteiger charge is 2.35. The van der Waals surface area contributed by atoms with Gasteiger partial charge in [0.05, 0.1) is 6.20 Å². The van der Waals surface area contributed by atoms with E-state index in [9.17, 15) is 4.79 Å². The highest BCUT2D eigenvalue weighted by atomic mass is 16.6. The molecule has 0 unspecified atom stereocenters. The van der Waals surface area contributed by atoms with Crippen molar-refractivity contribution in [2.24, 2.45) is 7.05 Å². The summed E-state index contributed by atoms with van der Waals surface area (Å²) >= 11 is 0. The van der Waals surface area contributed by atoms with Crippen molar-refractivity contribution in [2.45, 2.75) is 58.8 Å². The third kappa shape index (κ3) is 4.00. The van der Waals surface area contributed by atoms with Crippen LogP contribution in [0.3, 0.4) is 0 Å². The van der Waals surface area contributed by atoms with Gasteiger partial charge in [-0.3, -0.25) is 9.58 Å². The Morgan fingerprint density at radius 1 is 1.32 bits per heavy atom. The number of hydrogen-bond acceptors (Lipinski definition) is 4. The Balaban J connectivity index is 1.98. The number of carbonyl (C=O) groups is 1. The zero-order chi connectivity index (χ0) is 16.5. The maximum atomic E-state index is 12.3. The Kier molecular flexibility index (Phi) is 4.80. The van der Waals surface area contributed by atoms with Crippen molar-refractivity contribution in [3.05, 3.63) is 18.0 Å². The average molecular weight is 308 g/mol. The van der Waals surface area contributed by atoms with Crippen molar-refractivity contribution in [3.8, 4) is 0 Å². The van der Waals surface area contributed by atoms with Crippen LogP contribution in [0.4, 0.5) is 4.79 Å². The summed E-state index contributed by atoms with van der Waals surface area (Å²) in [5, 5.41) is 4.22. The molecule has 6 nitrogen and oxygen atoms in total. The highest BCUT2D eigenvalue weighted by molar-refractivity contribution is 5.68. The third-order valence-corrected chi connectivity index (χ3v) is 4.17. The normalized spacial score (nSPS) is 23.6. The van der Waals surface area contributed by atoms with Crippen LogP contribution >= 0.6 is 0 Å². The molecule has 124 valence electrons. The molecule has 0 saturated carbocycles. The van der Waals surface area contributed by atoms with Crippen molar-refractivity contribution in [1.29, 1.82) is 0 Å². The van der Waals surface area contributed by atoms with Gasteiger partial charge in [-0.1, -0.05) is 0 Å². The fourth-order valence-corrected chi connectivity index (χ4v) is 2.80. The summed E-state index contributed by atoms with van der Waals surface area (Å²) in [4.78, 5) is 16.5. The summed E-state index contributed by atoms with van der Waals surface area (Å²) in [5.74, 6) is 0. The van der Waals surface area contributed by atoms with E-state index in [1.807, 2.05) is 49.8 Å². The molecule has 1 aromatic heterocycles.